The molecular formula is C9H10Cl3N5. The molecule has 92 valence electrons. The molecule has 0 aliphatic carbocycles. The van der Waals surface area contributed by atoms with Crippen LogP contribution in [0.1, 0.15) is 5.56 Å². The number of halogens is 3. The van der Waals surface area contributed by atoms with Crippen LogP contribution in [0.4, 0.5) is 5.69 Å². The normalized spacial score (nSPS) is 11.4. The Hall–Kier alpha value is -1.17. The summed E-state index contributed by atoms with van der Waals surface area (Å²) < 4.78 is 0. The molecule has 0 fully saturated rings. The largest absolute Gasteiger partial charge is 0.370 e. The van der Waals surface area contributed by atoms with Gasteiger partial charge in [-0.3, -0.25) is 0 Å². The van der Waals surface area contributed by atoms with Crippen LogP contribution in [-0.2, 0) is 0 Å². The van der Waals surface area contributed by atoms with Gasteiger partial charge in [0.05, 0.1) is 20.8 Å². The molecule has 0 bridgehead atoms. The maximum absolute atomic E-state index is 5.97. The van der Waals surface area contributed by atoms with Crippen molar-refractivity contribution >= 4 is 52.4 Å². The standard InChI is InChI=1S/C9H10Cl3N5/c1-3-6(12)4(10)2-5(11)7(3)16-9(15)17-8(13)14/h2H,1H3,(H6,13,14,15,16,17). The Bertz CT molecular complexity index is 506. The fourth-order valence-electron chi connectivity index (χ4n) is 1.11. The van der Waals surface area contributed by atoms with Crippen molar-refractivity contribution < 1.29 is 0 Å². The minimum absolute atomic E-state index is 0.117. The van der Waals surface area contributed by atoms with E-state index in [1.54, 1.807) is 6.92 Å². The van der Waals surface area contributed by atoms with E-state index in [1.165, 1.54) is 6.07 Å². The molecule has 0 unspecified atom stereocenters. The van der Waals surface area contributed by atoms with E-state index in [0.29, 0.717) is 26.3 Å². The molecule has 0 spiro atoms. The van der Waals surface area contributed by atoms with Gasteiger partial charge < -0.3 is 17.2 Å². The van der Waals surface area contributed by atoms with Crippen LogP contribution >= 0.6 is 34.8 Å². The second kappa shape index (κ2) is 5.44. The van der Waals surface area contributed by atoms with Crippen molar-refractivity contribution in [1.29, 1.82) is 0 Å². The molecule has 0 amide bonds. The summed E-state index contributed by atoms with van der Waals surface area (Å²) in [6, 6.07) is 1.47. The maximum Gasteiger partial charge on any atom is 0.223 e. The second-order valence-corrected chi connectivity index (χ2v) is 4.33. The Morgan fingerprint density at radius 1 is 1.12 bits per heavy atom. The molecule has 0 aliphatic rings. The molecule has 0 aliphatic heterocycles. The third-order valence-electron chi connectivity index (χ3n) is 1.84. The number of hydrogen-bond acceptors (Lipinski definition) is 1. The van der Waals surface area contributed by atoms with Crippen molar-refractivity contribution in [3.63, 3.8) is 0 Å². The molecule has 0 aromatic heterocycles. The Labute approximate surface area is 113 Å². The molecule has 0 atom stereocenters. The lowest BCUT2D eigenvalue weighted by Gasteiger charge is -2.07. The van der Waals surface area contributed by atoms with Gasteiger partial charge in [-0.2, -0.15) is 4.99 Å². The first-order valence-electron chi connectivity index (χ1n) is 4.40. The zero-order valence-electron chi connectivity index (χ0n) is 8.84. The van der Waals surface area contributed by atoms with Gasteiger partial charge >= 0.3 is 0 Å². The summed E-state index contributed by atoms with van der Waals surface area (Å²) in [5, 5.41) is 1.01. The molecular weight excluding hydrogens is 284 g/mol. The molecule has 0 saturated carbocycles. The van der Waals surface area contributed by atoms with E-state index < -0.39 is 0 Å². The number of rotatable bonds is 1. The zero-order chi connectivity index (χ0) is 13.2. The topological polar surface area (TPSA) is 103 Å². The lowest BCUT2D eigenvalue weighted by atomic mass is 10.2. The van der Waals surface area contributed by atoms with Crippen LogP contribution in [0.15, 0.2) is 16.1 Å². The van der Waals surface area contributed by atoms with Gasteiger partial charge in [0.25, 0.3) is 0 Å². The highest BCUT2D eigenvalue weighted by atomic mass is 35.5. The second-order valence-electron chi connectivity index (χ2n) is 3.13. The van der Waals surface area contributed by atoms with Gasteiger partial charge in [0.15, 0.2) is 5.96 Å². The van der Waals surface area contributed by atoms with Crippen LogP contribution in [0.5, 0.6) is 0 Å². The summed E-state index contributed by atoms with van der Waals surface area (Å²) in [6.07, 6.45) is 0. The van der Waals surface area contributed by atoms with Crippen molar-refractivity contribution in [1.82, 2.24) is 0 Å². The smallest absolute Gasteiger partial charge is 0.223 e. The molecule has 1 aromatic carbocycles. The Morgan fingerprint density at radius 3 is 2.24 bits per heavy atom. The first-order chi connectivity index (χ1) is 7.82. The Kier molecular flexibility index (Phi) is 4.45. The van der Waals surface area contributed by atoms with Crippen molar-refractivity contribution in [3.05, 3.63) is 26.7 Å². The van der Waals surface area contributed by atoms with Gasteiger partial charge in [0.1, 0.15) is 0 Å². The highest BCUT2D eigenvalue weighted by Gasteiger charge is 2.11. The van der Waals surface area contributed by atoms with Crippen LogP contribution in [0.3, 0.4) is 0 Å². The summed E-state index contributed by atoms with van der Waals surface area (Å²) in [7, 11) is 0. The van der Waals surface area contributed by atoms with E-state index >= 15 is 0 Å². The summed E-state index contributed by atoms with van der Waals surface area (Å²) in [5.74, 6) is -0.312. The fourth-order valence-corrected chi connectivity index (χ4v) is 1.86. The molecule has 1 rings (SSSR count). The van der Waals surface area contributed by atoms with E-state index in [4.69, 9.17) is 52.0 Å². The molecule has 17 heavy (non-hydrogen) atoms. The van der Waals surface area contributed by atoms with Gasteiger partial charge in [-0.25, -0.2) is 4.99 Å². The van der Waals surface area contributed by atoms with E-state index in [1.807, 2.05) is 0 Å². The number of nitrogens with two attached hydrogens (primary N) is 3. The number of aliphatic imine (C=N–C) groups is 2. The zero-order valence-corrected chi connectivity index (χ0v) is 11.1. The quantitative estimate of drug-likeness (QED) is 0.420. The SMILES string of the molecule is Cc1c(Cl)c(Cl)cc(Cl)c1N=C(N)N=C(N)N. The van der Waals surface area contributed by atoms with Crippen molar-refractivity contribution in [2.45, 2.75) is 6.92 Å². The average molecular weight is 295 g/mol. The monoisotopic (exact) mass is 293 g/mol. The molecule has 0 radical (unpaired) electrons. The van der Waals surface area contributed by atoms with Gasteiger partial charge in [0, 0.05) is 0 Å². The molecule has 8 heteroatoms. The Balaban J connectivity index is 3.34. The lowest BCUT2D eigenvalue weighted by Crippen LogP contribution is -2.26. The van der Waals surface area contributed by atoms with E-state index in [2.05, 4.69) is 9.98 Å². The van der Waals surface area contributed by atoms with Gasteiger partial charge in [-0.1, -0.05) is 34.8 Å². The number of benzene rings is 1. The van der Waals surface area contributed by atoms with Crippen LogP contribution in [0, 0.1) is 6.92 Å². The predicted molar refractivity (Wildman–Crippen MR) is 73.3 cm³/mol. The fraction of sp³-hybridized carbons (Fsp3) is 0.111. The molecule has 6 N–H and O–H groups in total. The maximum atomic E-state index is 5.97. The average Bonchev–Trinajstić information content (AvgIpc) is 2.20. The van der Waals surface area contributed by atoms with Crippen LogP contribution in [0.25, 0.3) is 0 Å². The summed E-state index contributed by atoms with van der Waals surface area (Å²) in [5.41, 5.74) is 16.8. The highest BCUT2D eigenvalue weighted by Crippen LogP contribution is 2.38. The van der Waals surface area contributed by atoms with Gasteiger partial charge in [-0.15, -0.1) is 0 Å². The van der Waals surface area contributed by atoms with Crippen molar-refractivity contribution in [2.75, 3.05) is 0 Å². The first-order valence-corrected chi connectivity index (χ1v) is 5.54. The van der Waals surface area contributed by atoms with Crippen LogP contribution in [-0.4, -0.2) is 11.9 Å². The molecule has 0 saturated heterocycles. The number of hydrogen-bond donors (Lipinski definition) is 3. The minimum Gasteiger partial charge on any atom is -0.370 e. The number of guanidine groups is 2. The van der Waals surface area contributed by atoms with Gasteiger partial charge in [-0.05, 0) is 18.6 Å². The minimum atomic E-state index is -0.194. The third-order valence-corrected chi connectivity index (χ3v) is 3.01. The number of nitrogens with zero attached hydrogens (tertiary/aromatic N) is 2. The summed E-state index contributed by atoms with van der Waals surface area (Å²) in [6.45, 7) is 1.71. The highest BCUT2D eigenvalue weighted by molar-refractivity contribution is 6.44. The molecule has 5 nitrogen and oxygen atoms in total. The first kappa shape index (κ1) is 13.9. The van der Waals surface area contributed by atoms with Crippen molar-refractivity contribution in [2.24, 2.45) is 27.2 Å². The molecule has 1 aromatic rings. The molecule has 0 heterocycles. The van der Waals surface area contributed by atoms with E-state index in [9.17, 15) is 0 Å². The van der Waals surface area contributed by atoms with Crippen molar-refractivity contribution in [3.8, 4) is 0 Å². The Morgan fingerprint density at radius 2 is 1.71 bits per heavy atom. The van der Waals surface area contributed by atoms with E-state index in [-0.39, 0.29) is 11.9 Å². The summed E-state index contributed by atoms with van der Waals surface area (Å²) in [4.78, 5) is 7.54. The predicted octanol–water partition coefficient (Wildman–Crippen LogP) is 2.17. The van der Waals surface area contributed by atoms with Crippen LogP contribution < -0.4 is 17.2 Å². The van der Waals surface area contributed by atoms with Gasteiger partial charge in [0.2, 0.25) is 5.96 Å². The lowest BCUT2D eigenvalue weighted by molar-refractivity contribution is 1.34. The third kappa shape index (κ3) is 3.39. The summed E-state index contributed by atoms with van der Waals surface area (Å²) >= 11 is 17.8. The van der Waals surface area contributed by atoms with E-state index in [0.717, 1.165) is 0 Å². The van der Waals surface area contributed by atoms with Crippen LogP contribution in [0.2, 0.25) is 15.1 Å².